The molecule has 0 spiro atoms. The first kappa shape index (κ1) is 14.1. The van der Waals surface area contributed by atoms with Crippen LogP contribution in [0.15, 0.2) is 41.5 Å². The zero-order valence-electron chi connectivity index (χ0n) is 11.0. The molecule has 7 heteroatoms. The number of nitrogens with zero attached hydrogens (tertiary/aromatic N) is 2. The minimum absolute atomic E-state index is 0.0659. The number of imide groups is 1. The van der Waals surface area contributed by atoms with Crippen molar-refractivity contribution in [1.82, 2.24) is 5.01 Å². The number of phenols is 2. The summed E-state index contributed by atoms with van der Waals surface area (Å²) in [4.78, 5) is 24.2. The van der Waals surface area contributed by atoms with Gasteiger partial charge in [-0.15, -0.1) is 0 Å². The van der Waals surface area contributed by atoms with E-state index in [4.69, 9.17) is 11.6 Å². The Labute approximate surface area is 129 Å². The Morgan fingerprint density at radius 3 is 2.18 bits per heavy atom. The van der Waals surface area contributed by atoms with Gasteiger partial charge in [-0.2, -0.15) is 10.1 Å². The normalized spacial score (nSPS) is 14.0. The van der Waals surface area contributed by atoms with Crippen molar-refractivity contribution in [3.8, 4) is 11.5 Å². The fourth-order valence-electron chi connectivity index (χ4n) is 2.09. The van der Waals surface area contributed by atoms with E-state index in [0.717, 1.165) is 5.01 Å². The fraction of sp³-hybridized carbons (Fsp3) is 0. The molecule has 0 unspecified atom stereocenters. The molecule has 2 amide bonds. The first-order valence-electron chi connectivity index (χ1n) is 6.22. The number of halogens is 1. The van der Waals surface area contributed by atoms with Crippen LogP contribution < -0.4 is 0 Å². The standard InChI is InChI=1S/C15H9ClN2O4/c16-11-5-8(6-12(19)13(11)20)7-17-18-14(21)9-3-1-2-4-10(9)15(18)22/h1-7,19-20H/b17-7+. The first-order valence-corrected chi connectivity index (χ1v) is 6.60. The summed E-state index contributed by atoms with van der Waals surface area (Å²) in [7, 11) is 0. The molecule has 6 nitrogen and oxygen atoms in total. The molecule has 2 N–H and O–H groups in total. The molecule has 3 rings (SSSR count). The molecule has 1 heterocycles. The van der Waals surface area contributed by atoms with E-state index >= 15 is 0 Å². The lowest BCUT2D eigenvalue weighted by Crippen LogP contribution is -2.23. The van der Waals surface area contributed by atoms with Gasteiger partial charge < -0.3 is 10.2 Å². The van der Waals surface area contributed by atoms with Crippen molar-refractivity contribution in [2.75, 3.05) is 0 Å². The Hall–Kier alpha value is -2.86. The number of amides is 2. The van der Waals surface area contributed by atoms with E-state index in [1.54, 1.807) is 24.3 Å². The lowest BCUT2D eigenvalue weighted by atomic mass is 10.1. The second-order valence-corrected chi connectivity index (χ2v) is 4.99. The molecule has 0 radical (unpaired) electrons. The summed E-state index contributed by atoms with van der Waals surface area (Å²) in [6.07, 6.45) is 1.20. The summed E-state index contributed by atoms with van der Waals surface area (Å²) in [5.41, 5.74) is 0.907. The minimum Gasteiger partial charge on any atom is -0.504 e. The van der Waals surface area contributed by atoms with Gasteiger partial charge in [0.25, 0.3) is 11.8 Å². The Bertz CT molecular complexity index is 774. The van der Waals surface area contributed by atoms with Gasteiger partial charge in [-0.25, -0.2) is 0 Å². The van der Waals surface area contributed by atoms with Gasteiger partial charge in [0.15, 0.2) is 11.5 Å². The minimum atomic E-state index is -0.522. The van der Waals surface area contributed by atoms with Crippen molar-refractivity contribution < 1.29 is 19.8 Å². The summed E-state index contributed by atoms with van der Waals surface area (Å²) >= 11 is 5.73. The first-order chi connectivity index (χ1) is 10.5. The monoisotopic (exact) mass is 316 g/mol. The highest BCUT2D eigenvalue weighted by atomic mass is 35.5. The molecule has 0 saturated carbocycles. The lowest BCUT2D eigenvalue weighted by Gasteiger charge is -2.06. The number of hydrazone groups is 1. The number of hydrogen-bond acceptors (Lipinski definition) is 5. The highest BCUT2D eigenvalue weighted by Gasteiger charge is 2.35. The van der Waals surface area contributed by atoms with E-state index in [1.165, 1.54) is 18.3 Å². The maximum Gasteiger partial charge on any atom is 0.282 e. The van der Waals surface area contributed by atoms with E-state index < -0.39 is 23.3 Å². The topological polar surface area (TPSA) is 90.2 Å². The van der Waals surface area contributed by atoms with Crippen LogP contribution in [0.4, 0.5) is 0 Å². The van der Waals surface area contributed by atoms with E-state index in [0.29, 0.717) is 5.56 Å². The molecular formula is C15H9ClN2O4. The van der Waals surface area contributed by atoms with E-state index in [1.807, 2.05) is 0 Å². The predicted molar refractivity (Wildman–Crippen MR) is 79.3 cm³/mol. The quantitative estimate of drug-likeness (QED) is 0.505. The van der Waals surface area contributed by atoms with Crippen LogP contribution in [0.1, 0.15) is 26.3 Å². The molecule has 2 aromatic rings. The largest absolute Gasteiger partial charge is 0.504 e. The average molecular weight is 317 g/mol. The molecule has 0 fully saturated rings. The summed E-state index contributed by atoms with van der Waals surface area (Å²) < 4.78 is 0. The number of benzene rings is 2. The SMILES string of the molecule is O=C1c2ccccc2C(=O)N1/N=C/c1cc(O)c(O)c(Cl)c1. The zero-order valence-corrected chi connectivity index (χ0v) is 11.8. The second-order valence-electron chi connectivity index (χ2n) is 4.58. The Balaban J connectivity index is 1.92. The summed E-state index contributed by atoms with van der Waals surface area (Å²) in [6.45, 7) is 0. The number of phenolic OH excluding ortho intramolecular Hbond substituents is 2. The van der Waals surface area contributed by atoms with Crippen LogP contribution in [0.3, 0.4) is 0 Å². The molecule has 0 saturated heterocycles. The Morgan fingerprint density at radius 2 is 1.64 bits per heavy atom. The van der Waals surface area contributed by atoms with E-state index in [9.17, 15) is 19.8 Å². The molecule has 22 heavy (non-hydrogen) atoms. The number of aromatic hydroxyl groups is 2. The molecule has 110 valence electrons. The number of fused-ring (bicyclic) bond motifs is 1. The highest BCUT2D eigenvalue weighted by molar-refractivity contribution is 6.32. The van der Waals surface area contributed by atoms with Crippen molar-refractivity contribution in [3.63, 3.8) is 0 Å². The third-order valence-electron chi connectivity index (χ3n) is 3.16. The predicted octanol–water partition coefficient (Wildman–Crippen LogP) is 2.38. The van der Waals surface area contributed by atoms with Crippen LogP contribution in [0.5, 0.6) is 11.5 Å². The number of carbonyl (C=O) groups is 2. The fourth-order valence-corrected chi connectivity index (χ4v) is 2.31. The second kappa shape index (κ2) is 5.16. The van der Waals surface area contributed by atoms with E-state index in [2.05, 4.69) is 5.10 Å². The van der Waals surface area contributed by atoms with Crippen molar-refractivity contribution in [3.05, 3.63) is 58.1 Å². The zero-order chi connectivity index (χ0) is 15.9. The van der Waals surface area contributed by atoms with Gasteiger partial charge in [0.1, 0.15) is 0 Å². The molecule has 0 aromatic heterocycles. The van der Waals surface area contributed by atoms with Crippen molar-refractivity contribution in [2.45, 2.75) is 0 Å². The molecule has 0 atom stereocenters. The molecule has 2 aromatic carbocycles. The maximum absolute atomic E-state index is 12.1. The van der Waals surface area contributed by atoms with Gasteiger partial charge in [-0.05, 0) is 29.8 Å². The number of rotatable bonds is 2. The lowest BCUT2D eigenvalue weighted by molar-refractivity contribution is 0.0660. The highest BCUT2D eigenvalue weighted by Crippen LogP contribution is 2.33. The number of carbonyl (C=O) groups excluding carboxylic acids is 2. The molecule has 1 aliphatic heterocycles. The third kappa shape index (κ3) is 2.19. The van der Waals surface area contributed by atoms with Crippen molar-refractivity contribution in [2.24, 2.45) is 5.10 Å². The Morgan fingerprint density at radius 1 is 1.05 bits per heavy atom. The smallest absolute Gasteiger partial charge is 0.282 e. The molecular weight excluding hydrogens is 308 g/mol. The van der Waals surface area contributed by atoms with Crippen LogP contribution in [-0.2, 0) is 0 Å². The van der Waals surface area contributed by atoms with Crippen LogP contribution in [0.2, 0.25) is 5.02 Å². The van der Waals surface area contributed by atoms with Gasteiger partial charge in [0.2, 0.25) is 0 Å². The molecule has 1 aliphatic rings. The van der Waals surface area contributed by atoms with Crippen LogP contribution in [-0.4, -0.2) is 33.3 Å². The van der Waals surface area contributed by atoms with E-state index in [-0.39, 0.29) is 16.1 Å². The van der Waals surface area contributed by atoms with Gasteiger partial charge in [0, 0.05) is 0 Å². The molecule has 0 aliphatic carbocycles. The summed E-state index contributed by atoms with van der Waals surface area (Å²) in [5.74, 6) is -1.91. The maximum atomic E-state index is 12.1. The molecule has 0 bridgehead atoms. The van der Waals surface area contributed by atoms with Crippen LogP contribution in [0.25, 0.3) is 0 Å². The third-order valence-corrected chi connectivity index (χ3v) is 3.45. The average Bonchev–Trinajstić information content (AvgIpc) is 2.75. The van der Waals surface area contributed by atoms with Gasteiger partial charge in [-0.3, -0.25) is 9.59 Å². The summed E-state index contributed by atoms with van der Waals surface area (Å²) in [5, 5.41) is 23.4. The van der Waals surface area contributed by atoms with Crippen LogP contribution in [0, 0.1) is 0 Å². The van der Waals surface area contributed by atoms with Gasteiger partial charge >= 0.3 is 0 Å². The van der Waals surface area contributed by atoms with Gasteiger partial charge in [0.05, 0.1) is 22.4 Å². The van der Waals surface area contributed by atoms with Crippen LogP contribution >= 0.6 is 11.6 Å². The van der Waals surface area contributed by atoms with Gasteiger partial charge in [-0.1, -0.05) is 23.7 Å². The number of hydrogen-bond donors (Lipinski definition) is 2. The van der Waals surface area contributed by atoms with Crippen molar-refractivity contribution in [1.29, 1.82) is 0 Å². The van der Waals surface area contributed by atoms with Crippen molar-refractivity contribution >= 4 is 29.6 Å². The summed E-state index contributed by atoms with van der Waals surface area (Å²) in [6, 6.07) is 8.98. The Kier molecular flexibility index (Phi) is 3.30.